The summed E-state index contributed by atoms with van der Waals surface area (Å²) in [4.78, 5) is 23.1. The predicted molar refractivity (Wildman–Crippen MR) is 74.8 cm³/mol. The monoisotopic (exact) mass is 307 g/mol. The van der Waals surface area contributed by atoms with Crippen LogP contribution < -0.4 is 15.4 Å². The lowest BCUT2D eigenvalue weighted by Gasteiger charge is -2.07. The SMILES string of the molecule is Cc1cc(NC(=O)CNC(=O)COc2ccc(F)cc2)no1. The van der Waals surface area contributed by atoms with Crippen molar-refractivity contribution in [3.05, 3.63) is 41.9 Å². The molecule has 0 saturated carbocycles. The maximum atomic E-state index is 12.7. The highest BCUT2D eigenvalue weighted by Gasteiger charge is 2.09. The van der Waals surface area contributed by atoms with Gasteiger partial charge in [-0.05, 0) is 31.2 Å². The van der Waals surface area contributed by atoms with E-state index in [1.807, 2.05) is 0 Å². The smallest absolute Gasteiger partial charge is 0.258 e. The summed E-state index contributed by atoms with van der Waals surface area (Å²) < 4.78 is 22.6. The quantitative estimate of drug-likeness (QED) is 0.838. The zero-order chi connectivity index (χ0) is 15.9. The summed E-state index contributed by atoms with van der Waals surface area (Å²) in [6.07, 6.45) is 0. The number of rotatable bonds is 6. The molecule has 0 spiro atoms. The van der Waals surface area contributed by atoms with Gasteiger partial charge in [0.05, 0.1) is 6.54 Å². The molecule has 8 heteroatoms. The van der Waals surface area contributed by atoms with E-state index in [9.17, 15) is 14.0 Å². The third-order valence-electron chi connectivity index (χ3n) is 2.53. The zero-order valence-electron chi connectivity index (χ0n) is 11.8. The van der Waals surface area contributed by atoms with Crippen molar-refractivity contribution < 1.29 is 23.2 Å². The molecule has 0 saturated heterocycles. The van der Waals surface area contributed by atoms with E-state index in [0.29, 0.717) is 11.5 Å². The molecule has 7 nitrogen and oxygen atoms in total. The second kappa shape index (κ2) is 7.21. The highest BCUT2D eigenvalue weighted by molar-refractivity contribution is 5.93. The molecule has 0 atom stereocenters. The Balaban J connectivity index is 1.68. The number of aryl methyl sites for hydroxylation is 1. The van der Waals surface area contributed by atoms with Crippen molar-refractivity contribution >= 4 is 17.6 Å². The van der Waals surface area contributed by atoms with Crippen LogP contribution in [0.25, 0.3) is 0 Å². The summed E-state index contributed by atoms with van der Waals surface area (Å²) >= 11 is 0. The minimum Gasteiger partial charge on any atom is -0.484 e. The number of amides is 2. The van der Waals surface area contributed by atoms with Gasteiger partial charge in [-0.2, -0.15) is 0 Å². The first-order chi connectivity index (χ1) is 10.5. The number of carbonyl (C=O) groups is 2. The minimum absolute atomic E-state index is 0.225. The van der Waals surface area contributed by atoms with Crippen LogP contribution in [0.4, 0.5) is 10.2 Å². The Labute approximate surface area is 125 Å². The molecule has 2 amide bonds. The fourth-order valence-corrected chi connectivity index (χ4v) is 1.52. The average molecular weight is 307 g/mol. The van der Waals surface area contributed by atoms with Gasteiger partial charge in [-0.15, -0.1) is 0 Å². The van der Waals surface area contributed by atoms with Crippen LogP contribution in [0.15, 0.2) is 34.9 Å². The average Bonchev–Trinajstić information content (AvgIpc) is 2.89. The first-order valence-electron chi connectivity index (χ1n) is 6.41. The lowest BCUT2D eigenvalue weighted by molar-refractivity contribution is -0.125. The second-order valence-electron chi connectivity index (χ2n) is 4.39. The van der Waals surface area contributed by atoms with Crippen molar-refractivity contribution in [1.29, 1.82) is 0 Å². The molecule has 22 heavy (non-hydrogen) atoms. The zero-order valence-corrected chi connectivity index (χ0v) is 11.8. The lowest BCUT2D eigenvalue weighted by Crippen LogP contribution is -2.35. The Morgan fingerprint density at radius 1 is 1.27 bits per heavy atom. The van der Waals surface area contributed by atoms with Crippen LogP contribution in [0, 0.1) is 12.7 Å². The van der Waals surface area contributed by atoms with Crippen molar-refractivity contribution in [2.75, 3.05) is 18.5 Å². The van der Waals surface area contributed by atoms with Crippen LogP contribution in [0.3, 0.4) is 0 Å². The van der Waals surface area contributed by atoms with Gasteiger partial charge in [0.25, 0.3) is 5.91 Å². The molecule has 1 aromatic carbocycles. The first kappa shape index (κ1) is 15.5. The summed E-state index contributed by atoms with van der Waals surface area (Å²) in [5.74, 6) is -0.110. The molecule has 0 aliphatic carbocycles. The first-order valence-corrected chi connectivity index (χ1v) is 6.41. The third-order valence-corrected chi connectivity index (χ3v) is 2.53. The molecule has 0 aliphatic heterocycles. The van der Waals surface area contributed by atoms with Gasteiger partial charge in [-0.3, -0.25) is 9.59 Å². The summed E-state index contributed by atoms with van der Waals surface area (Å²) in [6, 6.07) is 6.81. The van der Waals surface area contributed by atoms with Gasteiger partial charge < -0.3 is 19.9 Å². The van der Waals surface area contributed by atoms with E-state index in [0.717, 1.165) is 0 Å². The summed E-state index contributed by atoms with van der Waals surface area (Å²) in [5.41, 5.74) is 0. The lowest BCUT2D eigenvalue weighted by atomic mass is 10.3. The van der Waals surface area contributed by atoms with Gasteiger partial charge in [-0.1, -0.05) is 5.16 Å². The Hall–Kier alpha value is -2.90. The maximum Gasteiger partial charge on any atom is 0.258 e. The van der Waals surface area contributed by atoms with Gasteiger partial charge >= 0.3 is 0 Å². The molecule has 1 aromatic heterocycles. The Bertz CT molecular complexity index is 654. The van der Waals surface area contributed by atoms with Crippen LogP contribution in [-0.2, 0) is 9.59 Å². The van der Waals surface area contributed by atoms with E-state index < -0.39 is 17.6 Å². The number of ether oxygens (including phenoxy) is 1. The fraction of sp³-hybridized carbons (Fsp3) is 0.214. The molecular weight excluding hydrogens is 293 g/mol. The second-order valence-corrected chi connectivity index (χ2v) is 4.39. The van der Waals surface area contributed by atoms with E-state index in [1.165, 1.54) is 24.3 Å². The van der Waals surface area contributed by atoms with Crippen LogP contribution >= 0.6 is 0 Å². The number of hydrogen-bond acceptors (Lipinski definition) is 5. The van der Waals surface area contributed by atoms with Gasteiger partial charge in [-0.25, -0.2) is 4.39 Å². The maximum absolute atomic E-state index is 12.7. The topological polar surface area (TPSA) is 93.5 Å². The molecule has 2 rings (SSSR count). The predicted octanol–water partition coefficient (Wildman–Crippen LogP) is 1.26. The van der Waals surface area contributed by atoms with Crippen LogP contribution in [0.1, 0.15) is 5.76 Å². The van der Waals surface area contributed by atoms with Crippen molar-refractivity contribution in [2.45, 2.75) is 6.92 Å². The van der Waals surface area contributed by atoms with Crippen LogP contribution in [0.5, 0.6) is 5.75 Å². The molecule has 0 fully saturated rings. The number of benzene rings is 1. The summed E-state index contributed by atoms with van der Waals surface area (Å²) in [6.45, 7) is 1.19. The van der Waals surface area contributed by atoms with E-state index >= 15 is 0 Å². The molecule has 0 unspecified atom stereocenters. The molecule has 2 N–H and O–H groups in total. The van der Waals surface area contributed by atoms with Crippen LogP contribution in [0.2, 0.25) is 0 Å². The number of halogens is 1. The highest BCUT2D eigenvalue weighted by Crippen LogP contribution is 2.10. The molecule has 0 radical (unpaired) electrons. The van der Waals surface area contributed by atoms with Crippen LogP contribution in [-0.4, -0.2) is 30.1 Å². The van der Waals surface area contributed by atoms with Gasteiger partial charge in [0, 0.05) is 6.07 Å². The van der Waals surface area contributed by atoms with Crippen molar-refractivity contribution in [1.82, 2.24) is 10.5 Å². The number of aromatic nitrogens is 1. The van der Waals surface area contributed by atoms with Crippen molar-refractivity contribution in [3.8, 4) is 5.75 Å². The fourth-order valence-electron chi connectivity index (χ4n) is 1.52. The number of carbonyl (C=O) groups excluding carboxylic acids is 2. The molecule has 0 bridgehead atoms. The van der Waals surface area contributed by atoms with E-state index in [4.69, 9.17) is 9.26 Å². The molecule has 1 heterocycles. The number of anilines is 1. The van der Waals surface area contributed by atoms with Gasteiger partial charge in [0.2, 0.25) is 5.91 Å². The molecular formula is C14H14FN3O4. The largest absolute Gasteiger partial charge is 0.484 e. The van der Waals surface area contributed by atoms with Crippen molar-refractivity contribution in [3.63, 3.8) is 0 Å². The molecule has 0 aliphatic rings. The van der Waals surface area contributed by atoms with E-state index in [-0.39, 0.29) is 19.0 Å². The summed E-state index contributed by atoms with van der Waals surface area (Å²) in [7, 11) is 0. The number of nitrogens with one attached hydrogen (secondary N) is 2. The van der Waals surface area contributed by atoms with Gasteiger partial charge in [0.15, 0.2) is 12.4 Å². The summed E-state index contributed by atoms with van der Waals surface area (Å²) in [5, 5.41) is 8.43. The highest BCUT2D eigenvalue weighted by atomic mass is 19.1. The molecule has 2 aromatic rings. The standard InChI is InChI=1S/C14H14FN3O4/c1-9-6-12(18-22-9)17-13(19)7-16-14(20)8-21-11-4-2-10(15)3-5-11/h2-6H,7-8H2,1H3,(H,16,20)(H,17,18,19). The molecule has 116 valence electrons. The Morgan fingerprint density at radius 2 is 2.00 bits per heavy atom. The number of hydrogen-bond donors (Lipinski definition) is 2. The van der Waals surface area contributed by atoms with E-state index in [2.05, 4.69) is 15.8 Å². The Kier molecular flexibility index (Phi) is 5.07. The minimum atomic E-state index is -0.476. The van der Waals surface area contributed by atoms with Gasteiger partial charge in [0.1, 0.15) is 17.3 Å². The van der Waals surface area contributed by atoms with E-state index in [1.54, 1.807) is 13.0 Å². The van der Waals surface area contributed by atoms with Crippen molar-refractivity contribution in [2.24, 2.45) is 0 Å². The normalized spacial score (nSPS) is 10.1. The number of nitrogens with zero attached hydrogens (tertiary/aromatic N) is 1. The third kappa shape index (κ3) is 4.89. The Morgan fingerprint density at radius 3 is 2.64 bits per heavy atom.